The number of fused-ring (bicyclic) bond motifs is 4. The zero-order valence-electron chi connectivity index (χ0n) is 15.6. The van der Waals surface area contributed by atoms with Crippen molar-refractivity contribution in [2.24, 2.45) is 5.41 Å². The van der Waals surface area contributed by atoms with Gasteiger partial charge in [0.1, 0.15) is 0 Å². The minimum absolute atomic E-state index is 0.0350. The van der Waals surface area contributed by atoms with Gasteiger partial charge in [0.25, 0.3) is 0 Å². The second-order valence-corrected chi connectivity index (χ2v) is 8.38. The fourth-order valence-corrected chi connectivity index (χ4v) is 4.62. The summed E-state index contributed by atoms with van der Waals surface area (Å²) in [6.07, 6.45) is 3.30. The summed E-state index contributed by atoms with van der Waals surface area (Å²) in [7, 11) is 0. The standard InChI is InChI=1S/C24H22N2O/c1-24(2)13-17-22(20(27)14-24)21-16-8-4-3-7-15(16)10-11-18(21)26-23(17)19-9-5-6-12-25-19/h3-12,23,26H,13-14H2,1-2H3/t23-/m0/s1. The van der Waals surface area contributed by atoms with Crippen LogP contribution in [0.15, 0.2) is 66.4 Å². The van der Waals surface area contributed by atoms with E-state index >= 15 is 0 Å². The molecule has 0 amide bonds. The molecule has 0 saturated heterocycles. The Morgan fingerprint density at radius 3 is 2.63 bits per heavy atom. The Balaban J connectivity index is 1.82. The van der Waals surface area contributed by atoms with Crippen LogP contribution in [0.25, 0.3) is 16.3 Å². The number of allylic oxidation sites excluding steroid dienone is 1. The van der Waals surface area contributed by atoms with Crippen LogP contribution < -0.4 is 5.32 Å². The van der Waals surface area contributed by atoms with Crippen LogP contribution in [0.2, 0.25) is 0 Å². The largest absolute Gasteiger partial charge is 0.372 e. The number of carbonyl (C=O) groups is 1. The molecule has 0 fully saturated rings. The van der Waals surface area contributed by atoms with Crippen LogP contribution in [0.1, 0.15) is 44.0 Å². The van der Waals surface area contributed by atoms with Crippen LogP contribution in [-0.4, -0.2) is 10.8 Å². The molecule has 3 nitrogen and oxygen atoms in total. The number of nitrogens with zero attached hydrogens (tertiary/aromatic N) is 1. The van der Waals surface area contributed by atoms with Gasteiger partial charge in [0, 0.05) is 29.4 Å². The van der Waals surface area contributed by atoms with E-state index in [1.807, 2.05) is 36.5 Å². The molecular formula is C24H22N2O. The first-order valence-corrected chi connectivity index (χ1v) is 9.49. The van der Waals surface area contributed by atoms with Crippen LogP contribution in [0, 0.1) is 5.41 Å². The highest BCUT2D eigenvalue weighted by Gasteiger charge is 2.40. The lowest BCUT2D eigenvalue weighted by Crippen LogP contribution is -2.32. The molecule has 1 aliphatic heterocycles. The van der Waals surface area contributed by atoms with E-state index < -0.39 is 0 Å². The monoisotopic (exact) mass is 354 g/mol. The van der Waals surface area contributed by atoms with Gasteiger partial charge in [0.05, 0.1) is 11.7 Å². The molecular weight excluding hydrogens is 332 g/mol. The quantitative estimate of drug-likeness (QED) is 0.623. The summed E-state index contributed by atoms with van der Waals surface area (Å²) >= 11 is 0. The number of hydrogen-bond acceptors (Lipinski definition) is 3. The van der Waals surface area contributed by atoms with Crippen LogP contribution in [0.5, 0.6) is 0 Å². The number of pyridine rings is 1. The van der Waals surface area contributed by atoms with Crippen LogP contribution >= 0.6 is 0 Å². The van der Waals surface area contributed by atoms with Crippen molar-refractivity contribution in [3.63, 3.8) is 0 Å². The van der Waals surface area contributed by atoms with Crippen molar-refractivity contribution in [3.8, 4) is 0 Å². The lowest BCUT2D eigenvalue weighted by atomic mass is 9.68. The number of nitrogens with one attached hydrogen (secondary N) is 1. The fraction of sp³-hybridized carbons (Fsp3) is 0.250. The third kappa shape index (κ3) is 2.57. The fourth-order valence-electron chi connectivity index (χ4n) is 4.62. The van der Waals surface area contributed by atoms with Crippen molar-refractivity contribution in [2.75, 3.05) is 5.32 Å². The maximum Gasteiger partial charge on any atom is 0.164 e. The van der Waals surface area contributed by atoms with E-state index in [2.05, 4.69) is 48.4 Å². The molecule has 0 spiro atoms. The number of benzene rings is 2. The Morgan fingerprint density at radius 2 is 1.81 bits per heavy atom. The number of hydrogen-bond donors (Lipinski definition) is 1. The predicted octanol–water partition coefficient (Wildman–Crippen LogP) is 5.54. The van der Waals surface area contributed by atoms with Crippen LogP contribution in [0.3, 0.4) is 0 Å². The van der Waals surface area contributed by atoms with Crippen molar-refractivity contribution in [2.45, 2.75) is 32.7 Å². The summed E-state index contributed by atoms with van der Waals surface area (Å²) in [4.78, 5) is 17.9. The molecule has 0 bridgehead atoms. The number of rotatable bonds is 1. The van der Waals surface area contributed by atoms with Gasteiger partial charge in [-0.2, -0.15) is 0 Å². The van der Waals surface area contributed by atoms with Crippen molar-refractivity contribution >= 4 is 27.8 Å². The minimum Gasteiger partial charge on any atom is -0.372 e. The zero-order valence-corrected chi connectivity index (χ0v) is 15.6. The summed E-state index contributed by atoms with van der Waals surface area (Å²) in [5, 5.41) is 6.00. The maximum absolute atomic E-state index is 13.3. The highest BCUT2D eigenvalue weighted by Crippen LogP contribution is 2.51. The summed E-state index contributed by atoms with van der Waals surface area (Å²) in [5.74, 6) is 0.251. The first-order valence-electron chi connectivity index (χ1n) is 9.49. The molecule has 27 heavy (non-hydrogen) atoms. The van der Waals surface area contributed by atoms with Crippen LogP contribution in [0.4, 0.5) is 5.69 Å². The number of aromatic nitrogens is 1. The van der Waals surface area contributed by atoms with E-state index in [4.69, 9.17) is 0 Å². The summed E-state index contributed by atoms with van der Waals surface area (Å²) in [6.45, 7) is 4.37. The smallest absolute Gasteiger partial charge is 0.164 e. The molecule has 5 rings (SSSR count). The highest BCUT2D eigenvalue weighted by atomic mass is 16.1. The van der Waals surface area contributed by atoms with E-state index in [9.17, 15) is 4.79 Å². The average Bonchev–Trinajstić information content (AvgIpc) is 2.66. The lowest BCUT2D eigenvalue weighted by molar-refractivity contribution is -0.116. The Hall–Kier alpha value is -2.94. The van der Waals surface area contributed by atoms with Crippen molar-refractivity contribution < 1.29 is 4.79 Å². The molecule has 1 aliphatic carbocycles. The molecule has 134 valence electrons. The number of Topliss-reactive ketones (excluding diaryl/α,β-unsaturated/α-hetero) is 1. The Labute approximate surface area is 159 Å². The first-order chi connectivity index (χ1) is 13.0. The normalized spacial score (nSPS) is 20.8. The molecule has 1 aromatic heterocycles. The molecule has 0 saturated carbocycles. The molecule has 2 heterocycles. The van der Waals surface area contributed by atoms with E-state index in [0.717, 1.165) is 34.3 Å². The first kappa shape index (κ1) is 16.2. The van der Waals surface area contributed by atoms with Gasteiger partial charge in [-0.1, -0.05) is 50.2 Å². The van der Waals surface area contributed by atoms with Gasteiger partial charge in [0.15, 0.2) is 5.78 Å². The molecule has 2 aliphatic rings. The molecule has 3 aromatic rings. The molecule has 2 aromatic carbocycles. The van der Waals surface area contributed by atoms with Gasteiger partial charge in [-0.25, -0.2) is 0 Å². The Bertz CT molecular complexity index is 1100. The van der Waals surface area contributed by atoms with Gasteiger partial charge < -0.3 is 5.32 Å². The Kier molecular flexibility index (Phi) is 3.48. The SMILES string of the molecule is CC1(C)CC(=O)C2=C(C1)[C@@H](c1ccccn1)Nc1ccc3ccccc3c12. The number of carbonyl (C=O) groups excluding carboxylic acids is 1. The predicted molar refractivity (Wildman–Crippen MR) is 109 cm³/mol. The zero-order chi connectivity index (χ0) is 18.6. The summed E-state index contributed by atoms with van der Waals surface area (Å²) < 4.78 is 0. The lowest BCUT2D eigenvalue weighted by Gasteiger charge is -2.40. The molecule has 0 radical (unpaired) electrons. The van der Waals surface area contributed by atoms with Gasteiger partial charge in [0.2, 0.25) is 0 Å². The highest BCUT2D eigenvalue weighted by molar-refractivity contribution is 6.28. The van der Waals surface area contributed by atoms with E-state index in [0.29, 0.717) is 6.42 Å². The third-order valence-electron chi connectivity index (χ3n) is 5.72. The van der Waals surface area contributed by atoms with Crippen molar-refractivity contribution in [1.82, 2.24) is 4.98 Å². The van der Waals surface area contributed by atoms with Gasteiger partial charge in [-0.05, 0) is 46.4 Å². The molecule has 1 atom stereocenters. The van der Waals surface area contributed by atoms with Gasteiger partial charge >= 0.3 is 0 Å². The Morgan fingerprint density at radius 1 is 1.00 bits per heavy atom. The van der Waals surface area contributed by atoms with E-state index in [-0.39, 0.29) is 17.2 Å². The third-order valence-corrected chi connectivity index (χ3v) is 5.72. The summed E-state index contributed by atoms with van der Waals surface area (Å²) in [6, 6.07) is 18.5. The molecule has 3 heteroatoms. The van der Waals surface area contributed by atoms with Crippen molar-refractivity contribution in [1.29, 1.82) is 0 Å². The second-order valence-electron chi connectivity index (χ2n) is 8.38. The van der Waals surface area contributed by atoms with E-state index in [1.165, 1.54) is 11.0 Å². The average molecular weight is 354 g/mol. The second kappa shape index (κ2) is 5.78. The number of anilines is 1. The topological polar surface area (TPSA) is 42.0 Å². The molecule has 1 N–H and O–H groups in total. The van der Waals surface area contributed by atoms with E-state index in [1.54, 1.807) is 0 Å². The minimum atomic E-state index is -0.0570. The van der Waals surface area contributed by atoms with Crippen LogP contribution in [-0.2, 0) is 4.79 Å². The summed E-state index contributed by atoms with van der Waals surface area (Å²) in [5.41, 5.74) is 5.11. The van der Waals surface area contributed by atoms with Crippen molar-refractivity contribution in [3.05, 3.63) is 77.6 Å². The van der Waals surface area contributed by atoms with Gasteiger partial charge in [-0.15, -0.1) is 0 Å². The number of ketones is 1. The maximum atomic E-state index is 13.3. The van der Waals surface area contributed by atoms with Gasteiger partial charge in [-0.3, -0.25) is 9.78 Å². The molecule has 0 unspecified atom stereocenters.